The van der Waals surface area contributed by atoms with Crippen LogP contribution in [0.1, 0.15) is 5.56 Å². The van der Waals surface area contributed by atoms with Gasteiger partial charge >= 0.3 is 11.8 Å². The SMILES string of the molecule is COc1ccc(CN2CCN(CC(N)=O)C(=O)C2=O)cc1. The lowest BCUT2D eigenvalue weighted by atomic mass is 10.2. The summed E-state index contributed by atoms with van der Waals surface area (Å²) < 4.78 is 5.06. The first-order chi connectivity index (χ1) is 10.0. The number of hydrogen-bond acceptors (Lipinski definition) is 4. The predicted molar refractivity (Wildman–Crippen MR) is 74.2 cm³/mol. The summed E-state index contributed by atoms with van der Waals surface area (Å²) in [5.74, 6) is -1.20. The lowest BCUT2D eigenvalue weighted by molar-refractivity contribution is -0.157. The van der Waals surface area contributed by atoms with Crippen molar-refractivity contribution in [3.8, 4) is 5.75 Å². The third-order valence-corrected chi connectivity index (χ3v) is 3.28. The number of benzene rings is 1. The molecule has 7 nitrogen and oxygen atoms in total. The fourth-order valence-electron chi connectivity index (χ4n) is 2.16. The van der Waals surface area contributed by atoms with Gasteiger partial charge in [-0.25, -0.2) is 0 Å². The van der Waals surface area contributed by atoms with Crippen molar-refractivity contribution in [1.29, 1.82) is 0 Å². The number of carbonyl (C=O) groups is 3. The summed E-state index contributed by atoms with van der Waals surface area (Å²) in [5.41, 5.74) is 5.95. The molecule has 0 saturated carbocycles. The Morgan fingerprint density at radius 1 is 1.14 bits per heavy atom. The van der Waals surface area contributed by atoms with Gasteiger partial charge in [0.05, 0.1) is 13.7 Å². The van der Waals surface area contributed by atoms with Gasteiger partial charge in [-0.3, -0.25) is 14.4 Å². The van der Waals surface area contributed by atoms with Gasteiger partial charge in [-0.05, 0) is 17.7 Å². The van der Waals surface area contributed by atoms with Crippen molar-refractivity contribution < 1.29 is 19.1 Å². The monoisotopic (exact) mass is 291 g/mol. The highest BCUT2D eigenvalue weighted by Crippen LogP contribution is 2.15. The molecule has 2 N–H and O–H groups in total. The first-order valence-corrected chi connectivity index (χ1v) is 6.50. The smallest absolute Gasteiger partial charge is 0.312 e. The Morgan fingerprint density at radius 2 is 1.71 bits per heavy atom. The molecule has 1 aliphatic rings. The van der Waals surface area contributed by atoms with Crippen LogP contribution in [0.5, 0.6) is 5.75 Å². The molecule has 3 amide bonds. The fraction of sp³-hybridized carbons (Fsp3) is 0.357. The van der Waals surface area contributed by atoms with Crippen LogP contribution < -0.4 is 10.5 Å². The number of hydrogen-bond donors (Lipinski definition) is 1. The summed E-state index contributed by atoms with van der Waals surface area (Å²) in [6.07, 6.45) is 0. The molecule has 1 aliphatic heterocycles. The van der Waals surface area contributed by atoms with Crippen LogP contribution in [-0.2, 0) is 20.9 Å². The van der Waals surface area contributed by atoms with Gasteiger partial charge < -0.3 is 20.3 Å². The summed E-state index contributed by atoms with van der Waals surface area (Å²) in [7, 11) is 1.58. The summed E-state index contributed by atoms with van der Waals surface area (Å²) in [5, 5.41) is 0. The summed E-state index contributed by atoms with van der Waals surface area (Å²) in [4.78, 5) is 37.4. The third-order valence-electron chi connectivity index (χ3n) is 3.28. The van der Waals surface area contributed by atoms with Crippen LogP contribution in [0.15, 0.2) is 24.3 Å². The number of rotatable bonds is 5. The number of carbonyl (C=O) groups excluding carboxylic acids is 3. The molecule has 112 valence electrons. The molecule has 7 heteroatoms. The van der Waals surface area contributed by atoms with Crippen LogP contribution in [0.25, 0.3) is 0 Å². The van der Waals surface area contributed by atoms with Crippen molar-refractivity contribution in [3.05, 3.63) is 29.8 Å². The zero-order valence-corrected chi connectivity index (χ0v) is 11.7. The van der Waals surface area contributed by atoms with Gasteiger partial charge in [-0.1, -0.05) is 12.1 Å². The second-order valence-electron chi connectivity index (χ2n) is 4.77. The van der Waals surface area contributed by atoms with Crippen molar-refractivity contribution in [2.24, 2.45) is 5.73 Å². The van der Waals surface area contributed by atoms with Gasteiger partial charge in [0.1, 0.15) is 5.75 Å². The summed E-state index contributed by atoms with van der Waals surface area (Å²) in [6.45, 7) is 0.813. The maximum Gasteiger partial charge on any atom is 0.312 e. The van der Waals surface area contributed by atoms with Crippen molar-refractivity contribution in [1.82, 2.24) is 9.80 Å². The van der Waals surface area contributed by atoms with E-state index >= 15 is 0 Å². The van der Waals surface area contributed by atoms with E-state index in [-0.39, 0.29) is 6.54 Å². The van der Waals surface area contributed by atoms with Crippen LogP contribution >= 0.6 is 0 Å². The minimum Gasteiger partial charge on any atom is -0.497 e. The Labute approximate surface area is 122 Å². The number of methoxy groups -OCH3 is 1. The largest absolute Gasteiger partial charge is 0.497 e. The number of nitrogens with two attached hydrogens (primary N) is 1. The molecule has 1 saturated heterocycles. The van der Waals surface area contributed by atoms with Crippen LogP contribution in [-0.4, -0.2) is 54.3 Å². The molecule has 1 fully saturated rings. The maximum absolute atomic E-state index is 12.0. The molecule has 21 heavy (non-hydrogen) atoms. The van der Waals surface area contributed by atoms with Gasteiger partial charge in [-0.15, -0.1) is 0 Å². The van der Waals surface area contributed by atoms with Crippen LogP contribution in [0, 0.1) is 0 Å². The Morgan fingerprint density at radius 3 is 2.29 bits per heavy atom. The predicted octanol–water partition coefficient (Wildman–Crippen LogP) is -0.649. The second-order valence-corrected chi connectivity index (χ2v) is 4.77. The lowest BCUT2D eigenvalue weighted by Crippen LogP contribution is -2.55. The van der Waals surface area contributed by atoms with Crippen LogP contribution in [0.3, 0.4) is 0 Å². The highest BCUT2D eigenvalue weighted by atomic mass is 16.5. The Hall–Kier alpha value is -2.57. The van der Waals surface area contributed by atoms with Crippen molar-refractivity contribution in [2.45, 2.75) is 6.54 Å². The molecule has 0 bridgehead atoms. The number of piperazine rings is 1. The molecular formula is C14H17N3O4. The molecule has 0 spiro atoms. The maximum atomic E-state index is 12.0. The number of primary amides is 1. The molecule has 0 aliphatic carbocycles. The van der Waals surface area contributed by atoms with Crippen LogP contribution in [0.4, 0.5) is 0 Å². The van der Waals surface area contributed by atoms with E-state index in [4.69, 9.17) is 10.5 Å². The number of nitrogens with zero attached hydrogens (tertiary/aromatic N) is 2. The second kappa shape index (κ2) is 6.25. The molecule has 1 aromatic carbocycles. The van der Waals surface area contributed by atoms with Gasteiger partial charge in [-0.2, -0.15) is 0 Å². The molecule has 2 rings (SSSR count). The van der Waals surface area contributed by atoms with Gasteiger partial charge in [0.25, 0.3) is 0 Å². The number of ether oxygens (including phenoxy) is 1. The molecular weight excluding hydrogens is 274 g/mol. The van der Waals surface area contributed by atoms with Gasteiger partial charge in [0.2, 0.25) is 5.91 Å². The Kier molecular flexibility index (Phi) is 4.42. The van der Waals surface area contributed by atoms with E-state index in [0.717, 1.165) is 11.3 Å². The molecule has 1 aromatic rings. The number of amides is 3. The van der Waals surface area contributed by atoms with E-state index < -0.39 is 17.7 Å². The quantitative estimate of drug-likeness (QED) is 0.730. The average molecular weight is 291 g/mol. The fourth-order valence-corrected chi connectivity index (χ4v) is 2.16. The lowest BCUT2D eigenvalue weighted by Gasteiger charge is -2.33. The minimum atomic E-state index is -0.687. The normalized spacial score (nSPS) is 15.3. The van der Waals surface area contributed by atoms with E-state index in [2.05, 4.69) is 0 Å². The highest BCUT2D eigenvalue weighted by Gasteiger charge is 2.32. The molecule has 0 aromatic heterocycles. The van der Waals surface area contributed by atoms with E-state index in [9.17, 15) is 14.4 Å². The van der Waals surface area contributed by atoms with E-state index in [0.29, 0.717) is 19.6 Å². The summed E-state index contributed by atoms with van der Waals surface area (Å²) in [6, 6.07) is 7.27. The Bertz CT molecular complexity index is 556. The zero-order valence-electron chi connectivity index (χ0n) is 11.7. The van der Waals surface area contributed by atoms with Crippen molar-refractivity contribution >= 4 is 17.7 Å². The summed E-state index contributed by atoms with van der Waals surface area (Å²) >= 11 is 0. The van der Waals surface area contributed by atoms with Crippen LogP contribution in [0.2, 0.25) is 0 Å². The van der Waals surface area contributed by atoms with E-state index in [1.54, 1.807) is 19.2 Å². The molecule has 0 unspecified atom stereocenters. The topological polar surface area (TPSA) is 92.9 Å². The average Bonchev–Trinajstić information content (AvgIpc) is 2.47. The zero-order chi connectivity index (χ0) is 15.4. The third kappa shape index (κ3) is 3.50. The van der Waals surface area contributed by atoms with Gasteiger partial charge in [0.15, 0.2) is 0 Å². The van der Waals surface area contributed by atoms with E-state index in [1.807, 2.05) is 12.1 Å². The molecule has 0 radical (unpaired) electrons. The highest BCUT2D eigenvalue weighted by molar-refractivity contribution is 6.35. The van der Waals surface area contributed by atoms with E-state index in [1.165, 1.54) is 9.80 Å². The van der Waals surface area contributed by atoms with Crippen molar-refractivity contribution in [3.63, 3.8) is 0 Å². The molecule has 1 heterocycles. The Balaban J connectivity index is 2.00. The minimum absolute atomic E-state index is 0.221. The molecule has 0 atom stereocenters. The first kappa shape index (κ1) is 14.8. The van der Waals surface area contributed by atoms with Gasteiger partial charge in [0, 0.05) is 19.6 Å². The first-order valence-electron chi connectivity index (χ1n) is 6.50. The standard InChI is InChI=1S/C14H17N3O4/c1-21-11-4-2-10(3-5-11)8-16-6-7-17(9-12(15)18)14(20)13(16)19/h2-5H,6-9H2,1H3,(H2,15,18). The van der Waals surface area contributed by atoms with Crippen molar-refractivity contribution in [2.75, 3.05) is 26.7 Å².